The first-order valence-corrected chi connectivity index (χ1v) is 12.2. The number of piperidine rings is 1. The van der Waals surface area contributed by atoms with Crippen LogP contribution in [0.1, 0.15) is 30.0 Å². The lowest BCUT2D eigenvalue weighted by Crippen LogP contribution is -2.41. The van der Waals surface area contributed by atoms with Gasteiger partial charge in [-0.3, -0.25) is 14.3 Å². The molecule has 1 aromatic heterocycles. The van der Waals surface area contributed by atoms with E-state index in [2.05, 4.69) is 75.4 Å². The number of aromatic nitrogens is 2. The molecule has 0 amide bonds. The zero-order valence-electron chi connectivity index (χ0n) is 19.6. The third-order valence-electron chi connectivity index (χ3n) is 6.87. The van der Waals surface area contributed by atoms with E-state index in [-0.39, 0.29) is 11.6 Å². The number of likely N-dealkylation sites (tertiary alicyclic amines) is 1. The number of hydrogen-bond donors (Lipinski definition) is 0. The minimum atomic E-state index is 0.0842. The molecular formula is C29H32N4O. The Kier molecular flexibility index (Phi) is 7.13. The molecule has 0 atom stereocenters. The normalized spacial score (nSPS) is 15.2. The van der Waals surface area contributed by atoms with E-state index < -0.39 is 0 Å². The maximum absolute atomic E-state index is 13.0. The Morgan fingerprint density at radius 2 is 1.38 bits per heavy atom. The van der Waals surface area contributed by atoms with Crippen molar-refractivity contribution in [2.45, 2.75) is 32.0 Å². The summed E-state index contributed by atoms with van der Waals surface area (Å²) >= 11 is 0. The number of hydrogen-bond acceptors (Lipinski definition) is 4. The molecular weight excluding hydrogens is 420 g/mol. The monoisotopic (exact) mass is 452 g/mol. The van der Waals surface area contributed by atoms with Gasteiger partial charge in [-0.25, -0.2) is 4.98 Å². The highest BCUT2D eigenvalue weighted by Crippen LogP contribution is 2.22. The van der Waals surface area contributed by atoms with Crippen molar-refractivity contribution >= 4 is 10.9 Å². The molecule has 1 aliphatic heterocycles. The fraction of sp³-hybridized carbons (Fsp3) is 0.310. The summed E-state index contributed by atoms with van der Waals surface area (Å²) < 4.78 is 1.86. The molecule has 1 saturated heterocycles. The lowest BCUT2D eigenvalue weighted by Gasteiger charge is -2.34. The third kappa shape index (κ3) is 5.44. The van der Waals surface area contributed by atoms with Gasteiger partial charge in [-0.1, -0.05) is 72.8 Å². The Labute approximate surface area is 201 Å². The molecule has 0 N–H and O–H groups in total. The van der Waals surface area contributed by atoms with Crippen LogP contribution < -0.4 is 5.56 Å². The summed E-state index contributed by atoms with van der Waals surface area (Å²) in [4.78, 5) is 22.6. The van der Waals surface area contributed by atoms with Crippen LogP contribution in [0.2, 0.25) is 0 Å². The molecule has 0 saturated carbocycles. The largest absolute Gasteiger partial charge is 0.302 e. The molecule has 34 heavy (non-hydrogen) atoms. The van der Waals surface area contributed by atoms with Gasteiger partial charge in [0.1, 0.15) is 0 Å². The fourth-order valence-electron chi connectivity index (χ4n) is 4.94. The maximum Gasteiger partial charge on any atom is 0.261 e. The van der Waals surface area contributed by atoms with Crippen LogP contribution in [0.25, 0.3) is 10.9 Å². The predicted molar refractivity (Wildman–Crippen MR) is 138 cm³/mol. The van der Waals surface area contributed by atoms with E-state index >= 15 is 0 Å². The zero-order valence-corrected chi connectivity index (χ0v) is 19.6. The van der Waals surface area contributed by atoms with Crippen molar-refractivity contribution in [3.05, 3.63) is 113 Å². The number of benzene rings is 3. The Morgan fingerprint density at radius 3 is 2.03 bits per heavy atom. The molecule has 4 aromatic rings. The number of fused-ring (bicyclic) bond motifs is 1. The first-order chi connectivity index (χ1) is 16.8. The van der Waals surface area contributed by atoms with Crippen LogP contribution in [0.5, 0.6) is 0 Å². The summed E-state index contributed by atoms with van der Waals surface area (Å²) in [6.45, 7) is 5.97. The van der Waals surface area contributed by atoms with Crippen molar-refractivity contribution in [2.24, 2.45) is 0 Å². The highest BCUT2D eigenvalue weighted by atomic mass is 16.1. The second-order valence-electron chi connectivity index (χ2n) is 9.23. The van der Waals surface area contributed by atoms with Crippen molar-refractivity contribution in [1.29, 1.82) is 0 Å². The van der Waals surface area contributed by atoms with Gasteiger partial charge in [0.15, 0.2) is 0 Å². The van der Waals surface area contributed by atoms with E-state index in [1.165, 1.54) is 11.1 Å². The molecule has 3 aromatic carbocycles. The van der Waals surface area contributed by atoms with Gasteiger partial charge in [0.25, 0.3) is 5.56 Å². The van der Waals surface area contributed by atoms with Gasteiger partial charge in [-0.05, 0) is 36.1 Å². The van der Waals surface area contributed by atoms with Gasteiger partial charge in [0.2, 0.25) is 0 Å². The third-order valence-corrected chi connectivity index (χ3v) is 6.87. The summed E-state index contributed by atoms with van der Waals surface area (Å²) in [6, 6.07) is 29.3. The van der Waals surface area contributed by atoms with E-state index in [1.54, 1.807) is 6.33 Å². The molecule has 5 rings (SSSR count). The summed E-state index contributed by atoms with van der Waals surface area (Å²) in [5.74, 6) is 0. The number of nitrogens with zero attached hydrogens (tertiary/aromatic N) is 4. The highest BCUT2D eigenvalue weighted by molar-refractivity contribution is 5.76. The van der Waals surface area contributed by atoms with Crippen LogP contribution in [0.15, 0.2) is 96.1 Å². The van der Waals surface area contributed by atoms with Crippen molar-refractivity contribution in [1.82, 2.24) is 19.4 Å². The minimum absolute atomic E-state index is 0.0842. The molecule has 0 unspecified atom stereocenters. The highest BCUT2D eigenvalue weighted by Gasteiger charge is 2.22. The van der Waals surface area contributed by atoms with Crippen LogP contribution in [0.4, 0.5) is 0 Å². The Hall–Kier alpha value is -3.28. The molecule has 174 valence electrons. The van der Waals surface area contributed by atoms with Gasteiger partial charge < -0.3 is 4.90 Å². The summed E-state index contributed by atoms with van der Waals surface area (Å²) in [5, 5.41) is 0.713. The lowest BCUT2D eigenvalue weighted by molar-refractivity contribution is 0.150. The van der Waals surface area contributed by atoms with Gasteiger partial charge in [0.05, 0.1) is 17.2 Å². The second kappa shape index (κ2) is 10.8. The topological polar surface area (TPSA) is 41.4 Å². The zero-order chi connectivity index (χ0) is 23.2. The van der Waals surface area contributed by atoms with Crippen molar-refractivity contribution in [2.75, 3.05) is 26.2 Å². The van der Waals surface area contributed by atoms with Gasteiger partial charge >= 0.3 is 0 Å². The molecule has 1 fully saturated rings. The lowest BCUT2D eigenvalue weighted by atomic mass is 10.0. The van der Waals surface area contributed by atoms with E-state index in [1.807, 2.05) is 28.8 Å². The smallest absolute Gasteiger partial charge is 0.261 e. The molecule has 2 heterocycles. The average molecular weight is 453 g/mol. The van der Waals surface area contributed by atoms with Crippen molar-refractivity contribution in [3.63, 3.8) is 0 Å². The molecule has 0 aliphatic carbocycles. The van der Waals surface area contributed by atoms with Gasteiger partial charge in [0, 0.05) is 45.3 Å². The van der Waals surface area contributed by atoms with Gasteiger partial charge in [-0.15, -0.1) is 0 Å². The van der Waals surface area contributed by atoms with E-state index in [9.17, 15) is 4.79 Å². The molecule has 1 aliphatic rings. The summed E-state index contributed by atoms with van der Waals surface area (Å²) in [7, 11) is 0. The first-order valence-electron chi connectivity index (χ1n) is 12.2. The Morgan fingerprint density at radius 1 is 0.794 bits per heavy atom. The average Bonchev–Trinajstić information content (AvgIpc) is 2.89. The fourth-order valence-corrected chi connectivity index (χ4v) is 4.94. The van der Waals surface area contributed by atoms with E-state index in [4.69, 9.17) is 0 Å². The van der Waals surface area contributed by atoms with Crippen LogP contribution >= 0.6 is 0 Å². The maximum atomic E-state index is 13.0. The molecule has 5 nitrogen and oxygen atoms in total. The van der Waals surface area contributed by atoms with Crippen molar-refractivity contribution < 1.29 is 0 Å². The van der Waals surface area contributed by atoms with Crippen molar-refractivity contribution in [3.8, 4) is 0 Å². The van der Waals surface area contributed by atoms with Gasteiger partial charge in [-0.2, -0.15) is 0 Å². The number of para-hydroxylation sites is 1. The van der Waals surface area contributed by atoms with Crippen LogP contribution in [-0.2, 0) is 13.1 Å². The SMILES string of the molecule is O=c1c2ccccc2ncn1C1CCN(CCN(Cc2ccccc2)Cc2ccccc2)CC1. The Balaban J connectivity index is 1.20. The predicted octanol–water partition coefficient (Wildman–Crippen LogP) is 4.74. The quantitative estimate of drug-likeness (QED) is 0.387. The van der Waals surface area contributed by atoms with E-state index in [0.717, 1.165) is 57.6 Å². The minimum Gasteiger partial charge on any atom is -0.302 e. The molecule has 5 heteroatoms. The first kappa shape index (κ1) is 22.5. The molecule has 0 spiro atoms. The summed E-state index contributed by atoms with van der Waals surface area (Å²) in [5.41, 5.74) is 3.56. The van der Waals surface area contributed by atoms with E-state index in [0.29, 0.717) is 5.39 Å². The Bertz CT molecular complexity index is 1210. The van der Waals surface area contributed by atoms with Crippen LogP contribution in [0, 0.1) is 0 Å². The van der Waals surface area contributed by atoms with Crippen LogP contribution in [-0.4, -0.2) is 45.5 Å². The van der Waals surface area contributed by atoms with Crippen LogP contribution in [0.3, 0.4) is 0 Å². The number of rotatable bonds is 8. The standard InChI is InChI=1S/C29H32N4O/c34-29-27-13-7-8-14-28(27)30-23-33(29)26-15-17-31(18-16-26)19-20-32(21-24-9-3-1-4-10-24)22-25-11-5-2-6-12-25/h1-14,23,26H,15-22H2. The molecule has 0 bridgehead atoms. The molecule has 0 radical (unpaired) electrons. The summed E-state index contributed by atoms with van der Waals surface area (Å²) in [6.07, 6.45) is 3.71. The second-order valence-corrected chi connectivity index (χ2v) is 9.23.